The highest BCUT2D eigenvalue weighted by Gasteiger charge is 2.37. The van der Waals surface area contributed by atoms with Crippen LogP contribution in [0.15, 0.2) is 24.5 Å². The molecule has 2 aromatic rings. The standard InChI is InChI=1S/C24H33ClFN5O/c1-24(7-8-24)15-30-21-11-16(13-29-23(21)26)19-12-22(28-14-20(19)25)31-18-5-3-17(4-6-18)27-9-10-32-2/h11-14,17-18,27,30H,3-10,15H2,1-2H3,(H,28,31)/t17-,18-. The number of rotatable bonds is 10. The Morgan fingerprint density at radius 1 is 1.12 bits per heavy atom. The number of methoxy groups -OCH3 is 1. The lowest BCUT2D eigenvalue weighted by Gasteiger charge is -2.30. The maximum absolute atomic E-state index is 14.3. The topological polar surface area (TPSA) is 71.1 Å². The first-order valence-electron chi connectivity index (χ1n) is 11.5. The summed E-state index contributed by atoms with van der Waals surface area (Å²) in [7, 11) is 1.73. The summed E-state index contributed by atoms with van der Waals surface area (Å²) in [6.07, 6.45) is 9.93. The lowest BCUT2D eigenvalue weighted by atomic mass is 9.91. The fourth-order valence-corrected chi connectivity index (χ4v) is 4.39. The molecular weight excluding hydrogens is 429 g/mol. The Morgan fingerprint density at radius 2 is 1.88 bits per heavy atom. The highest BCUT2D eigenvalue weighted by molar-refractivity contribution is 6.33. The Morgan fingerprint density at radius 3 is 2.59 bits per heavy atom. The van der Waals surface area contributed by atoms with Crippen LogP contribution in [0.25, 0.3) is 11.1 Å². The van der Waals surface area contributed by atoms with Crippen molar-refractivity contribution in [2.75, 3.05) is 37.4 Å². The first-order valence-corrected chi connectivity index (χ1v) is 11.9. The SMILES string of the molecule is COCCN[C@H]1CC[C@H](Nc2cc(-c3cnc(F)c(NCC4(C)CC4)c3)c(Cl)cn2)CC1. The Kier molecular flexibility index (Phi) is 7.48. The second kappa shape index (κ2) is 10.3. The van der Waals surface area contributed by atoms with Gasteiger partial charge >= 0.3 is 0 Å². The van der Waals surface area contributed by atoms with Crippen LogP contribution in [0.2, 0.25) is 5.02 Å². The maximum Gasteiger partial charge on any atom is 0.236 e. The molecule has 0 radical (unpaired) electrons. The Bertz CT molecular complexity index is 915. The van der Waals surface area contributed by atoms with Crippen LogP contribution in [-0.4, -0.2) is 48.9 Å². The van der Waals surface area contributed by atoms with Crippen molar-refractivity contribution >= 4 is 23.1 Å². The molecule has 0 saturated heterocycles. The van der Waals surface area contributed by atoms with Crippen molar-refractivity contribution in [3.8, 4) is 11.1 Å². The van der Waals surface area contributed by atoms with E-state index in [0.717, 1.165) is 62.3 Å². The van der Waals surface area contributed by atoms with Gasteiger partial charge in [-0.25, -0.2) is 9.97 Å². The lowest BCUT2D eigenvalue weighted by molar-refractivity contribution is 0.191. The number of halogens is 2. The molecule has 0 bridgehead atoms. The molecule has 6 nitrogen and oxygen atoms in total. The van der Waals surface area contributed by atoms with E-state index in [1.165, 1.54) is 19.0 Å². The van der Waals surface area contributed by atoms with Crippen molar-refractivity contribution in [2.45, 2.75) is 57.5 Å². The van der Waals surface area contributed by atoms with Crippen molar-refractivity contribution in [1.82, 2.24) is 15.3 Å². The van der Waals surface area contributed by atoms with E-state index in [4.69, 9.17) is 16.3 Å². The van der Waals surface area contributed by atoms with Gasteiger partial charge in [0.05, 0.1) is 17.3 Å². The summed E-state index contributed by atoms with van der Waals surface area (Å²) in [4.78, 5) is 8.43. The van der Waals surface area contributed by atoms with E-state index in [0.29, 0.717) is 22.8 Å². The predicted octanol–water partition coefficient (Wildman–Crippen LogP) is 5.11. The number of hydrogen-bond donors (Lipinski definition) is 3. The van der Waals surface area contributed by atoms with E-state index in [9.17, 15) is 4.39 Å². The zero-order valence-corrected chi connectivity index (χ0v) is 19.6. The Labute approximate surface area is 194 Å². The van der Waals surface area contributed by atoms with Gasteiger partial charge in [0.2, 0.25) is 5.95 Å². The molecule has 0 spiro atoms. The smallest absolute Gasteiger partial charge is 0.236 e. The zero-order valence-electron chi connectivity index (χ0n) is 18.9. The molecule has 32 heavy (non-hydrogen) atoms. The molecule has 0 aromatic carbocycles. The molecule has 2 aliphatic carbocycles. The van der Waals surface area contributed by atoms with Crippen LogP contribution >= 0.6 is 11.6 Å². The van der Waals surface area contributed by atoms with E-state index >= 15 is 0 Å². The molecule has 2 aliphatic rings. The third kappa shape index (κ3) is 6.09. The van der Waals surface area contributed by atoms with Gasteiger partial charge in [-0.05, 0) is 56.1 Å². The lowest BCUT2D eigenvalue weighted by Crippen LogP contribution is -2.38. The van der Waals surface area contributed by atoms with Crippen LogP contribution in [0, 0.1) is 11.4 Å². The van der Waals surface area contributed by atoms with Crippen LogP contribution in [0.3, 0.4) is 0 Å². The van der Waals surface area contributed by atoms with Crippen LogP contribution in [0.4, 0.5) is 15.9 Å². The van der Waals surface area contributed by atoms with Gasteiger partial charge in [0.1, 0.15) is 5.82 Å². The van der Waals surface area contributed by atoms with Gasteiger partial charge in [-0.2, -0.15) is 4.39 Å². The van der Waals surface area contributed by atoms with E-state index in [1.807, 2.05) is 6.07 Å². The van der Waals surface area contributed by atoms with Gasteiger partial charge < -0.3 is 20.7 Å². The van der Waals surface area contributed by atoms with Crippen molar-refractivity contribution in [2.24, 2.45) is 5.41 Å². The largest absolute Gasteiger partial charge is 0.383 e. The monoisotopic (exact) mass is 461 g/mol. The van der Waals surface area contributed by atoms with Gasteiger partial charge in [0.25, 0.3) is 0 Å². The molecule has 8 heteroatoms. The molecule has 2 saturated carbocycles. The first-order chi connectivity index (χ1) is 15.5. The summed E-state index contributed by atoms with van der Waals surface area (Å²) >= 11 is 6.45. The molecule has 3 N–H and O–H groups in total. The zero-order chi connectivity index (χ0) is 22.6. The van der Waals surface area contributed by atoms with Crippen molar-refractivity contribution < 1.29 is 9.13 Å². The summed E-state index contributed by atoms with van der Waals surface area (Å²) < 4.78 is 19.4. The molecule has 2 fully saturated rings. The second-order valence-electron chi connectivity index (χ2n) is 9.42. The van der Waals surface area contributed by atoms with Crippen LogP contribution in [0.1, 0.15) is 45.4 Å². The van der Waals surface area contributed by atoms with E-state index in [1.54, 1.807) is 19.4 Å². The quantitative estimate of drug-likeness (QED) is 0.337. The molecule has 2 heterocycles. The fraction of sp³-hybridized carbons (Fsp3) is 0.583. The average Bonchev–Trinajstić information content (AvgIpc) is 3.53. The minimum Gasteiger partial charge on any atom is -0.383 e. The average molecular weight is 462 g/mol. The van der Waals surface area contributed by atoms with Crippen LogP contribution in [0.5, 0.6) is 0 Å². The Hall–Kier alpha value is -1.96. The van der Waals surface area contributed by atoms with E-state index < -0.39 is 5.95 Å². The van der Waals surface area contributed by atoms with Gasteiger partial charge in [0.15, 0.2) is 0 Å². The van der Waals surface area contributed by atoms with E-state index in [-0.39, 0.29) is 5.41 Å². The van der Waals surface area contributed by atoms with Gasteiger partial charge in [-0.1, -0.05) is 18.5 Å². The third-order valence-electron chi connectivity index (χ3n) is 6.63. The van der Waals surface area contributed by atoms with Crippen molar-refractivity contribution in [3.05, 3.63) is 35.5 Å². The maximum atomic E-state index is 14.3. The van der Waals surface area contributed by atoms with E-state index in [2.05, 4.69) is 32.8 Å². The number of pyridine rings is 2. The summed E-state index contributed by atoms with van der Waals surface area (Å²) in [5.74, 6) is 0.293. The molecule has 0 amide bonds. The second-order valence-corrected chi connectivity index (χ2v) is 9.82. The molecule has 0 atom stereocenters. The summed E-state index contributed by atoms with van der Waals surface area (Å²) in [6.45, 7) is 4.58. The van der Waals surface area contributed by atoms with Gasteiger partial charge in [0, 0.05) is 55.8 Å². The Balaban J connectivity index is 1.40. The summed E-state index contributed by atoms with van der Waals surface area (Å²) in [6, 6.07) is 4.65. The predicted molar refractivity (Wildman–Crippen MR) is 128 cm³/mol. The molecule has 2 aromatic heterocycles. The molecule has 4 rings (SSSR count). The molecule has 174 valence electrons. The number of hydrogen-bond acceptors (Lipinski definition) is 6. The van der Waals surface area contributed by atoms with Crippen molar-refractivity contribution in [3.63, 3.8) is 0 Å². The molecular formula is C24H33ClFN5O. The molecule has 0 aliphatic heterocycles. The number of ether oxygens (including phenoxy) is 1. The fourth-order valence-electron chi connectivity index (χ4n) is 4.17. The minimum atomic E-state index is -0.489. The van der Waals surface area contributed by atoms with Gasteiger partial charge in [-0.15, -0.1) is 0 Å². The highest BCUT2D eigenvalue weighted by atomic mass is 35.5. The first kappa shape index (κ1) is 23.2. The van der Waals surface area contributed by atoms with Gasteiger partial charge in [-0.3, -0.25) is 0 Å². The third-order valence-corrected chi connectivity index (χ3v) is 6.93. The number of aromatic nitrogens is 2. The number of anilines is 2. The van der Waals surface area contributed by atoms with Crippen LogP contribution in [-0.2, 0) is 4.74 Å². The highest BCUT2D eigenvalue weighted by Crippen LogP contribution is 2.45. The number of nitrogens with one attached hydrogen (secondary N) is 3. The normalized spacial score (nSPS) is 21.9. The summed E-state index contributed by atoms with van der Waals surface area (Å²) in [5.41, 5.74) is 2.26. The molecule has 0 unspecified atom stereocenters. The van der Waals surface area contributed by atoms with Crippen molar-refractivity contribution in [1.29, 1.82) is 0 Å². The van der Waals surface area contributed by atoms with Crippen LogP contribution < -0.4 is 16.0 Å². The summed E-state index contributed by atoms with van der Waals surface area (Å²) in [5, 5.41) is 10.8. The minimum absolute atomic E-state index is 0.270. The number of nitrogens with zero attached hydrogens (tertiary/aromatic N) is 2.